The number of aliphatic hydroxyl groups excluding tert-OH is 1. The van der Waals surface area contributed by atoms with Crippen molar-refractivity contribution in [2.45, 2.75) is 45.4 Å². The second kappa shape index (κ2) is 8.13. The van der Waals surface area contributed by atoms with E-state index in [1.165, 1.54) is 24.8 Å². The highest BCUT2D eigenvalue weighted by atomic mass is 16.3. The Morgan fingerprint density at radius 2 is 1.76 bits per heavy atom. The van der Waals surface area contributed by atoms with Crippen molar-refractivity contribution in [2.24, 2.45) is 5.92 Å². The van der Waals surface area contributed by atoms with Crippen LogP contribution in [0.3, 0.4) is 0 Å². The minimum atomic E-state index is 0.305. The van der Waals surface area contributed by atoms with E-state index in [9.17, 15) is 5.11 Å². The van der Waals surface area contributed by atoms with Crippen LogP contribution in [-0.2, 0) is 6.42 Å². The zero-order valence-corrected chi connectivity index (χ0v) is 10.7. The summed E-state index contributed by atoms with van der Waals surface area (Å²) in [5.74, 6) is 1.06. The third-order valence-electron chi connectivity index (χ3n) is 3.25. The van der Waals surface area contributed by atoms with Crippen LogP contribution in [0.25, 0.3) is 0 Å². The maximum absolute atomic E-state index is 9.21. The summed E-state index contributed by atoms with van der Waals surface area (Å²) in [6.45, 7) is 2.52. The first-order chi connectivity index (χ1) is 8.26. The summed E-state index contributed by atoms with van der Waals surface area (Å²) >= 11 is 0. The van der Waals surface area contributed by atoms with Gasteiger partial charge in [0.15, 0.2) is 0 Å². The average molecular weight is 236 g/mol. The van der Waals surface area contributed by atoms with E-state index in [1.807, 2.05) is 12.1 Å². The molecule has 0 bridgehead atoms. The van der Waals surface area contributed by atoms with E-state index in [4.69, 9.17) is 5.11 Å². The van der Waals surface area contributed by atoms with E-state index in [0.717, 1.165) is 25.2 Å². The van der Waals surface area contributed by atoms with Crippen LogP contribution in [0, 0.1) is 5.92 Å². The molecule has 1 rings (SSSR count). The van der Waals surface area contributed by atoms with E-state index in [2.05, 4.69) is 6.92 Å². The number of rotatable bonds is 8. The lowest BCUT2D eigenvalue weighted by Crippen LogP contribution is -2.03. The maximum Gasteiger partial charge on any atom is 0.115 e. The molecule has 0 aliphatic carbocycles. The highest BCUT2D eigenvalue weighted by Gasteiger charge is 2.07. The summed E-state index contributed by atoms with van der Waals surface area (Å²) in [7, 11) is 0. The highest BCUT2D eigenvalue weighted by molar-refractivity contribution is 5.25. The van der Waals surface area contributed by atoms with Gasteiger partial charge in [0.1, 0.15) is 5.75 Å². The molecule has 96 valence electrons. The first-order valence-corrected chi connectivity index (χ1v) is 6.65. The van der Waals surface area contributed by atoms with Crippen molar-refractivity contribution in [2.75, 3.05) is 6.61 Å². The first-order valence-electron chi connectivity index (χ1n) is 6.65. The van der Waals surface area contributed by atoms with Crippen LogP contribution in [0.4, 0.5) is 0 Å². The van der Waals surface area contributed by atoms with E-state index in [0.29, 0.717) is 12.4 Å². The molecule has 2 heteroatoms. The molecule has 0 fully saturated rings. The number of aryl methyl sites for hydroxylation is 1. The lowest BCUT2D eigenvalue weighted by molar-refractivity contribution is 0.265. The van der Waals surface area contributed by atoms with Gasteiger partial charge in [-0.2, -0.15) is 0 Å². The molecular formula is C15H24O2. The summed E-state index contributed by atoms with van der Waals surface area (Å²) < 4.78 is 0. The lowest BCUT2D eigenvalue weighted by Gasteiger charge is -2.15. The molecule has 0 saturated carbocycles. The molecule has 0 saturated heterocycles. The van der Waals surface area contributed by atoms with Crippen molar-refractivity contribution in [3.8, 4) is 5.75 Å². The average Bonchev–Trinajstić information content (AvgIpc) is 2.35. The topological polar surface area (TPSA) is 40.5 Å². The Hall–Kier alpha value is -1.02. The molecule has 1 aromatic carbocycles. The SMILES string of the molecule is CCCC(CCCO)CCc1ccc(O)cc1. The molecule has 0 aliphatic rings. The molecular weight excluding hydrogens is 212 g/mol. The smallest absolute Gasteiger partial charge is 0.115 e. The largest absolute Gasteiger partial charge is 0.508 e. The monoisotopic (exact) mass is 236 g/mol. The fourth-order valence-corrected chi connectivity index (χ4v) is 2.25. The number of aliphatic hydroxyl groups is 1. The summed E-state index contributed by atoms with van der Waals surface area (Å²) in [6.07, 6.45) is 6.75. The summed E-state index contributed by atoms with van der Waals surface area (Å²) in [5.41, 5.74) is 1.29. The molecule has 1 aromatic rings. The van der Waals surface area contributed by atoms with Crippen LogP contribution in [0.2, 0.25) is 0 Å². The number of hydrogen-bond donors (Lipinski definition) is 2. The van der Waals surface area contributed by atoms with Crippen molar-refractivity contribution in [1.82, 2.24) is 0 Å². The van der Waals surface area contributed by atoms with Gasteiger partial charge in [-0.1, -0.05) is 31.9 Å². The third-order valence-corrected chi connectivity index (χ3v) is 3.25. The third kappa shape index (κ3) is 5.73. The van der Waals surface area contributed by atoms with Gasteiger partial charge in [0.25, 0.3) is 0 Å². The van der Waals surface area contributed by atoms with Crippen LogP contribution < -0.4 is 0 Å². The van der Waals surface area contributed by atoms with Crippen molar-refractivity contribution < 1.29 is 10.2 Å². The Kier molecular flexibility index (Phi) is 6.71. The zero-order chi connectivity index (χ0) is 12.5. The standard InChI is InChI=1S/C15H24O2/c1-2-4-13(5-3-12-16)6-7-14-8-10-15(17)11-9-14/h8-11,13,16-17H,2-7,12H2,1H3. The quantitative estimate of drug-likeness (QED) is 0.725. The molecule has 1 unspecified atom stereocenters. The Morgan fingerprint density at radius 1 is 1.06 bits per heavy atom. The first kappa shape index (κ1) is 14.0. The Bertz CT molecular complexity index is 292. The summed E-state index contributed by atoms with van der Waals surface area (Å²) in [6, 6.07) is 7.48. The van der Waals surface area contributed by atoms with Gasteiger partial charge in [-0.25, -0.2) is 0 Å². The van der Waals surface area contributed by atoms with Gasteiger partial charge in [-0.05, 0) is 49.3 Å². The fraction of sp³-hybridized carbons (Fsp3) is 0.600. The van der Waals surface area contributed by atoms with Crippen LogP contribution >= 0.6 is 0 Å². The van der Waals surface area contributed by atoms with Crippen LogP contribution in [0.5, 0.6) is 5.75 Å². The number of phenols is 1. The van der Waals surface area contributed by atoms with E-state index in [1.54, 1.807) is 12.1 Å². The maximum atomic E-state index is 9.21. The van der Waals surface area contributed by atoms with E-state index >= 15 is 0 Å². The number of benzene rings is 1. The van der Waals surface area contributed by atoms with Crippen molar-refractivity contribution in [1.29, 1.82) is 0 Å². The van der Waals surface area contributed by atoms with Gasteiger partial charge in [-0.3, -0.25) is 0 Å². The Morgan fingerprint density at radius 3 is 2.35 bits per heavy atom. The predicted octanol–water partition coefficient (Wildman–Crippen LogP) is 3.51. The molecule has 0 aliphatic heterocycles. The van der Waals surface area contributed by atoms with Gasteiger partial charge >= 0.3 is 0 Å². The molecule has 2 N–H and O–H groups in total. The number of aromatic hydroxyl groups is 1. The molecule has 1 atom stereocenters. The van der Waals surface area contributed by atoms with Crippen molar-refractivity contribution in [3.05, 3.63) is 29.8 Å². The predicted molar refractivity (Wildman–Crippen MR) is 71.1 cm³/mol. The van der Waals surface area contributed by atoms with E-state index < -0.39 is 0 Å². The van der Waals surface area contributed by atoms with Gasteiger partial charge in [0.2, 0.25) is 0 Å². The molecule has 0 aromatic heterocycles. The van der Waals surface area contributed by atoms with Crippen molar-refractivity contribution in [3.63, 3.8) is 0 Å². The lowest BCUT2D eigenvalue weighted by atomic mass is 9.91. The van der Waals surface area contributed by atoms with Crippen molar-refractivity contribution >= 4 is 0 Å². The molecule has 0 spiro atoms. The Balaban J connectivity index is 2.37. The fourth-order valence-electron chi connectivity index (χ4n) is 2.25. The van der Waals surface area contributed by atoms with Gasteiger partial charge in [0, 0.05) is 6.61 Å². The molecule has 0 radical (unpaired) electrons. The number of phenolic OH excluding ortho intramolecular Hbond substituents is 1. The minimum Gasteiger partial charge on any atom is -0.508 e. The van der Waals surface area contributed by atoms with E-state index in [-0.39, 0.29) is 0 Å². The second-order valence-corrected chi connectivity index (χ2v) is 4.73. The molecule has 2 nitrogen and oxygen atoms in total. The highest BCUT2D eigenvalue weighted by Crippen LogP contribution is 2.21. The summed E-state index contributed by atoms with van der Waals surface area (Å²) in [5, 5.41) is 18.1. The van der Waals surface area contributed by atoms with Gasteiger partial charge < -0.3 is 10.2 Å². The Labute approximate surface area is 104 Å². The van der Waals surface area contributed by atoms with Crippen LogP contribution in [-0.4, -0.2) is 16.8 Å². The zero-order valence-electron chi connectivity index (χ0n) is 10.7. The minimum absolute atomic E-state index is 0.305. The number of hydrogen-bond acceptors (Lipinski definition) is 2. The van der Waals surface area contributed by atoms with Crippen LogP contribution in [0.1, 0.15) is 44.6 Å². The normalized spacial score (nSPS) is 12.6. The summed E-state index contributed by atoms with van der Waals surface area (Å²) in [4.78, 5) is 0. The molecule has 0 heterocycles. The van der Waals surface area contributed by atoms with Gasteiger partial charge in [-0.15, -0.1) is 0 Å². The van der Waals surface area contributed by atoms with Gasteiger partial charge in [0.05, 0.1) is 0 Å². The molecule has 17 heavy (non-hydrogen) atoms. The second-order valence-electron chi connectivity index (χ2n) is 4.73. The molecule has 0 amide bonds. The van der Waals surface area contributed by atoms with Crippen LogP contribution in [0.15, 0.2) is 24.3 Å².